The molecule has 0 aliphatic heterocycles. The van der Waals surface area contributed by atoms with E-state index in [1.54, 1.807) is 0 Å². The summed E-state index contributed by atoms with van der Waals surface area (Å²) in [6.07, 6.45) is 2.54. The summed E-state index contributed by atoms with van der Waals surface area (Å²) in [5.41, 5.74) is 5.89. The Morgan fingerprint density at radius 2 is 2.05 bits per heavy atom. The van der Waals surface area contributed by atoms with Gasteiger partial charge in [0, 0.05) is 16.9 Å². The van der Waals surface area contributed by atoms with Crippen molar-refractivity contribution in [3.8, 4) is 0 Å². The van der Waals surface area contributed by atoms with E-state index in [0.717, 1.165) is 18.3 Å². The third kappa shape index (κ3) is 3.02. The van der Waals surface area contributed by atoms with Gasteiger partial charge in [-0.1, -0.05) is 0 Å². The second kappa shape index (κ2) is 5.14. The number of anilines is 2. The van der Waals surface area contributed by atoms with Crippen LogP contribution in [-0.2, 0) is 10.0 Å². The van der Waals surface area contributed by atoms with Crippen LogP contribution in [0.4, 0.5) is 15.8 Å². The molecule has 0 aliphatic rings. The molecule has 0 fully saturated rings. The number of nitrogens with zero attached hydrogens (tertiary/aromatic N) is 1. The highest BCUT2D eigenvalue weighted by atomic mass is 79.9. The maximum atomic E-state index is 12.9. The zero-order valence-electron chi connectivity index (χ0n) is 9.47. The Balaban J connectivity index is 2.40. The van der Waals surface area contributed by atoms with E-state index in [1.165, 1.54) is 18.3 Å². The summed E-state index contributed by atoms with van der Waals surface area (Å²) in [5, 5.41) is 0. The van der Waals surface area contributed by atoms with Gasteiger partial charge in [-0.3, -0.25) is 9.71 Å². The first kappa shape index (κ1) is 13.8. The zero-order valence-corrected chi connectivity index (χ0v) is 11.9. The van der Waals surface area contributed by atoms with E-state index in [1.807, 2.05) is 0 Å². The second-order valence-corrected chi connectivity index (χ2v) is 6.15. The molecule has 1 aromatic heterocycles. The number of hydrogen-bond acceptors (Lipinski definition) is 4. The number of nitrogens with one attached hydrogen (secondary N) is 1. The summed E-state index contributed by atoms with van der Waals surface area (Å²) in [6, 6.07) is 5.00. The Labute approximate surface area is 117 Å². The van der Waals surface area contributed by atoms with Crippen LogP contribution in [-0.4, -0.2) is 13.4 Å². The molecule has 19 heavy (non-hydrogen) atoms. The van der Waals surface area contributed by atoms with Gasteiger partial charge >= 0.3 is 0 Å². The molecule has 2 rings (SSSR count). The topological polar surface area (TPSA) is 85.1 Å². The molecule has 2 aromatic rings. The van der Waals surface area contributed by atoms with Crippen molar-refractivity contribution in [2.45, 2.75) is 4.90 Å². The fourth-order valence-electron chi connectivity index (χ4n) is 1.39. The summed E-state index contributed by atoms with van der Waals surface area (Å²) in [4.78, 5) is 3.59. The molecule has 0 aliphatic carbocycles. The minimum atomic E-state index is -3.87. The molecule has 3 N–H and O–H groups in total. The number of rotatable bonds is 3. The van der Waals surface area contributed by atoms with Crippen LogP contribution in [0.2, 0.25) is 0 Å². The highest BCUT2D eigenvalue weighted by Gasteiger charge is 2.18. The largest absolute Gasteiger partial charge is 0.398 e. The Hall–Kier alpha value is -1.67. The average Bonchev–Trinajstić information content (AvgIpc) is 2.33. The van der Waals surface area contributed by atoms with Crippen LogP contribution in [0, 0.1) is 5.82 Å². The van der Waals surface area contributed by atoms with Gasteiger partial charge in [0.15, 0.2) is 0 Å². The number of hydrogen-bond donors (Lipinski definition) is 2. The molecule has 0 spiro atoms. The molecule has 0 saturated carbocycles. The number of halogens is 2. The van der Waals surface area contributed by atoms with Crippen LogP contribution in [0.15, 0.2) is 46.0 Å². The van der Waals surface area contributed by atoms with E-state index >= 15 is 0 Å². The molecule has 5 nitrogen and oxygen atoms in total. The summed E-state index contributed by atoms with van der Waals surface area (Å²) in [6.45, 7) is 0. The third-order valence-corrected chi connectivity index (χ3v) is 4.35. The Kier molecular flexibility index (Phi) is 3.72. The maximum absolute atomic E-state index is 12.9. The van der Waals surface area contributed by atoms with Crippen LogP contribution in [0.5, 0.6) is 0 Å². The average molecular weight is 346 g/mol. The van der Waals surface area contributed by atoms with E-state index in [9.17, 15) is 12.8 Å². The summed E-state index contributed by atoms with van der Waals surface area (Å²) >= 11 is 3.08. The highest BCUT2D eigenvalue weighted by Crippen LogP contribution is 2.26. The van der Waals surface area contributed by atoms with E-state index < -0.39 is 15.8 Å². The standard InChI is InChI=1S/C11H9BrFN3O2S/c12-8-5-7(13)1-2-10(8)16-19(17,18)11-6-15-4-3-9(11)14/h1-6,16H,(H2,14,15). The van der Waals surface area contributed by atoms with Gasteiger partial charge in [0.05, 0.1) is 11.4 Å². The monoisotopic (exact) mass is 345 g/mol. The second-order valence-electron chi connectivity index (χ2n) is 3.64. The lowest BCUT2D eigenvalue weighted by atomic mass is 10.3. The molecule has 1 aromatic carbocycles. The maximum Gasteiger partial charge on any atom is 0.265 e. The molecule has 0 radical (unpaired) electrons. The van der Waals surface area contributed by atoms with Crippen molar-refractivity contribution in [3.63, 3.8) is 0 Å². The lowest BCUT2D eigenvalue weighted by molar-refractivity contribution is 0.601. The first-order valence-electron chi connectivity index (χ1n) is 5.07. The third-order valence-electron chi connectivity index (χ3n) is 2.28. The van der Waals surface area contributed by atoms with Crippen LogP contribution >= 0.6 is 15.9 Å². The van der Waals surface area contributed by atoms with Gasteiger partial charge in [0.2, 0.25) is 0 Å². The lowest BCUT2D eigenvalue weighted by Gasteiger charge is -2.10. The fraction of sp³-hybridized carbons (Fsp3) is 0. The zero-order chi connectivity index (χ0) is 14.0. The number of benzene rings is 1. The predicted octanol–water partition coefficient (Wildman–Crippen LogP) is 2.37. The van der Waals surface area contributed by atoms with Gasteiger partial charge in [-0.2, -0.15) is 0 Å². The Morgan fingerprint density at radius 1 is 1.32 bits per heavy atom. The molecule has 100 valence electrons. The number of nitrogens with two attached hydrogens (primary N) is 1. The van der Waals surface area contributed by atoms with Gasteiger partial charge in [-0.15, -0.1) is 0 Å². The minimum absolute atomic E-state index is 0.0840. The van der Waals surface area contributed by atoms with Crippen LogP contribution < -0.4 is 10.5 Å². The molecule has 0 amide bonds. The van der Waals surface area contributed by atoms with Crippen molar-refractivity contribution in [3.05, 3.63) is 46.9 Å². The summed E-state index contributed by atoms with van der Waals surface area (Å²) in [7, 11) is -3.87. The predicted molar refractivity (Wildman–Crippen MR) is 73.6 cm³/mol. The first-order chi connectivity index (χ1) is 8.90. The van der Waals surface area contributed by atoms with Crippen molar-refractivity contribution in [2.75, 3.05) is 10.5 Å². The van der Waals surface area contributed by atoms with Crippen molar-refractivity contribution >= 4 is 37.3 Å². The van der Waals surface area contributed by atoms with Crippen molar-refractivity contribution < 1.29 is 12.8 Å². The SMILES string of the molecule is Nc1ccncc1S(=O)(=O)Nc1ccc(F)cc1Br. The number of pyridine rings is 1. The van der Waals surface area contributed by atoms with E-state index in [-0.39, 0.29) is 16.3 Å². The summed E-state index contributed by atoms with van der Waals surface area (Å²) < 4.78 is 39.8. The Morgan fingerprint density at radius 3 is 2.68 bits per heavy atom. The normalized spacial score (nSPS) is 11.3. The quantitative estimate of drug-likeness (QED) is 0.894. The molecule has 0 bridgehead atoms. The fourth-order valence-corrected chi connectivity index (χ4v) is 3.12. The van der Waals surface area contributed by atoms with Gasteiger partial charge in [0.1, 0.15) is 10.7 Å². The molecular weight excluding hydrogens is 337 g/mol. The summed E-state index contributed by atoms with van der Waals surface area (Å²) in [5.74, 6) is -0.476. The first-order valence-corrected chi connectivity index (χ1v) is 7.35. The van der Waals surface area contributed by atoms with Crippen LogP contribution in [0.3, 0.4) is 0 Å². The molecule has 8 heteroatoms. The van der Waals surface area contributed by atoms with E-state index in [0.29, 0.717) is 4.47 Å². The lowest BCUT2D eigenvalue weighted by Crippen LogP contribution is -2.15. The van der Waals surface area contributed by atoms with Gasteiger partial charge in [0.25, 0.3) is 10.0 Å². The van der Waals surface area contributed by atoms with E-state index in [4.69, 9.17) is 5.73 Å². The van der Waals surface area contributed by atoms with Crippen molar-refractivity contribution in [1.29, 1.82) is 0 Å². The van der Waals surface area contributed by atoms with Crippen molar-refractivity contribution in [1.82, 2.24) is 4.98 Å². The Bertz CT molecular complexity index is 722. The minimum Gasteiger partial charge on any atom is -0.398 e. The van der Waals surface area contributed by atoms with Gasteiger partial charge in [-0.25, -0.2) is 12.8 Å². The molecular formula is C11H9BrFN3O2S. The molecule has 0 atom stereocenters. The number of sulfonamides is 1. The van der Waals surface area contributed by atoms with Gasteiger partial charge in [-0.05, 0) is 40.2 Å². The van der Waals surface area contributed by atoms with Gasteiger partial charge < -0.3 is 5.73 Å². The van der Waals surface area contributed by atoms with Crippen LogP contribution in [0.25, 0.3) is 0 Å². The smallest absolute Gasteiger partial charge is 0.265 e. The number of aromatic nitrogens is 1. The molecule has 1 heterocycles. The molecule has 0 saturated heterocycles. The van der Waals surface area contributed by atoms with E-state index in [2.05, 4.69) is 25.6 Å². The van der Waals surface area contributed by atoms with Crippen LogP contribution in [0.1, 0.15) is 0 Å². The highest BCUT2D eigenvalue weighted by molar-refractivity contribution is 9.10. The van der Waals surface area contributed by atoms with Crippen molar-refractivity contribution in [2.24, 2.45) is 0 Å². The molecule has 0 unspecified atom stereocenters. The number of nitrogen functional groups attached to an aromatic ring is 1.